The van der Waals surface area contributed by atoms with Crippen LogP contribution in [0.1, 0.15) is 19.4 Å². The highest BCUT2D eigenvalue weighted by molar-refractivity contribution is 5.89. The molecule has 0 bridgehead atoms. The molecule has 1 aromatic heterocycles. The second kappa shape index (κ2) is 6.23. The van der Waals surface area contributed by atoms with E-state index in [1.807, 2.05) is 13.8 Å². The fraction of sp³-hybridized carbons (Fsp3) is 0.222. The third-order valence-electron chi connectivity index (χ3n) is 3.55. The average Bonchev–Trinajstić information content (AvgIpc) is 2.53. The van der Waals surface area contributed by atoms with Crippen LogP contribution in [0, 0.1) is 0 Å². The maximum atomic E-state index is 12.9. The highest BCUT2D eigenvalue weighted by atomic mass is 19.4. The van der Waals surface area contributed by atoms with Gasteiger partial charge in [0, 0.05) is 0 Å². The number of halogens is 3. The van der Waals surface area contributed by atoms with E-state index in [0.717, 1.165) is 12.1 Å². The molecule has 25 heavy (non-hydrogen) atoms. The van der Waals surface area contributed by atoms with E-state index in [-0.39, 0.29) is 12.1 Å². The van der Waals surface area contributed by atoms with Crippen molar-refractivity contribution in [2.75, 3.05) is 5.73 Å². The molecule has 0 amide bonds. The van der Waals surface area contributed by atoms with Crippen molar-refractivity contribution >= 4 is 16.9 Å². The second-order valence-corrected chi connectivity index (χ2v) is 5.86. The lowest BCUT2D eigenvalue weighted by atomic mass is 10.0. The van der Waals surface area contributed by atoms with Crippen molar-refractivity contribution in [3.05, 3.63) is 48.0 Å². The number of nitrogens with zero attached hydrogens (tertiary/aromatic N) is 2. The predicted molar refractivity (Wildman–Crippen MR) is 90.2 cm³/mol. The fourth-order valence-corrected chi connectivity index (χ4v) is 2.49. The predicted octanol–water partition coefficient (Wildman–Crippen LogP) is 4.69. The zero-order valence-electron chi connectivity index (χ0n) is 13.6. The normalized spacial score (nSPS) is 11.9. The molecule has 0 saturated carbocycles. The van der Waals surface area contributed by atoms with Crippen LogP contribution in [0.5, 0.6) is 5.88 Å². The number of aromatic nitrogens is 2. The van der Waals surface area contributed by atoms with Crippen molar-refractivity contribution in [2.45, 2.75) is 26.1 Å². The fourth-order valence-electron chi connectivity index (χ4n) is 2.49. The number of fused-ring (bicyclic) bond motifs is 1. The maximum Gasteiger partial charge on any atom is 0.416 e. The molecule has 0 atom stereocenters. The quantitative estimate of drug-likeness (QED) is 0.747. The van der Waals surface area contributed by atoms with Crippen molar-refractivity contribution < 1.29 is 17.9 Å². The van der Waals surface area contributed by atoms with E-state index in [0.29, 0.717) is 27.9 Å². The summed E-state index contributed by atoms with van der Waals surface area (Å²) >= 11 is 0. The van der Waals surface area contributed by atoms with Crippen LogP contribution < -0.4 is 10.5 Å². The number of alkyl halides is 3. The summed E-state index contributed by atoms with van der Waals surface area (Å²) in [5.41, 5.74) is 6.62. The third kappa shape index (κ3) is 3.65. The molecule has 7 heteroatoms. The molecule has 4 nitrogen and oxygen atoms in total. The first kappa shape index (κ1) is 17.0. The van der Waals surface area contributed by atoms with Gasteiger partial charge in [0.25, 0.3) is 0 Å². The highest BCUT2D eigenvalue weighted by Gasteiger charge is 2.30. The minimum Gasteiger partial charge on any atom is -0.474 e. The molecule has 130 valence electrons. The van der Waals surface area contributed by atoms with Crippen molar-refractivity contribution in [1.29, 1.82) is 0 Å². The van der Waals surface area contributed by atoms with Gasteiger partial charge in [0.15, 0.2) is 0 Å². The third-order valence-corrected chi connectivity index (χ3v) is 3.55. The van der Waals surface area contributed by atoms with E-state index in [1.54, 1.807) is 24.3 Å². The molecule has 0 radical (unpaired) electrons. The molecule has 0 aliphatic heterocycles. The standard InChI is InChI=1S/C18H16F3N3O/c1-10(2)25-16-14-9-12(6-7-15(14)23-17(22)24-16)11-4-3-5-13(8-11)18(19,20)21/h3-10H,1-2H3,(H2,22,23,24). The van der Waals surface area contributed by atoms with Gasteiger partial charge in [-0.1, -0.05) is 18.2 Å². The summed E-state index contributed by atoms with van der Waals surface area (Å²) in [4.78, 5) is 8.24. The van der Waals surface area contributed by atoms with Gasteiger partial charge in [0.2, 0.25) is 11.8 Å². The lowest BCUT2D eigenvalue weighted by Crippen LogP contribution is -2.09. The summed E-state index contributed by atoms with van der Waals surface area (Å²) in [5.74, 6) is 0.390. The van der Waals surface area contributed by atoms with E-state index in [2.05, 4.69) is 9.97 Å². The molecule has 0 unspecified atom stereocenters. The molecule has 0 saturated heterocycles. The van der Waals surface area contributed by atoms with Crippen molar-refractivity contribution in [2.24, 2.45) is 0 Å². The number of anilines is 1. The van der Waals surface area contributed by atoms with Crippen LogP contribution in [0.3, 0.4) is 0 Å². The van der Waals surface area contributed by atoms with Gasteiger partial charge in [-0.2, -0.15) is 18.2 Å². The van der Waals surface area contributed by atoms with E-state index in [9.17, 15) is 13.2 Å². The number of nitrogens with two attached hydrogens (primary N) is 1. The van der Waals surface area contributed by atoms with Crippen LogP contribution in [0.4, 0.5) is 19.1 Å². The average molecular weight is 347 g/mol. The summed E-state index contributed by atoms with van der Waals surface area (Å²) in [6, 6.07) is 10.3. The monoisotopic (exact) mass is 347 g/mol. The minimum atomic E-state index is -4.39. The molecule has 1 heterocycles. The summed E-state index contributed by atoms with van der Waals surface area (Å²) < 4.78 is 44.5. The van der Waals surface area contributed by atoms with E-state index >= 15 is 0 Å². The first-order valence-corrected chi connectivity index (χ1v) is 7.65. The summed E-state index contributed by atoms with van der Waals surface area (Å²) in [6.07, 6.45) is -4.52. The Bertz CT molecular complexity index is 923. The number of benzene rings is 2. The number of hydrogen-bond acceptors (Lipinski definition) is 4. The Balaban J connectivity index is 2.14. The van der Waals surface area contributed by atoms with Gasteiger partial charge >= 0.3 is 6.18 Å². The lowest BCUT2D eigenvalue weighted by molar-refractivity contribution is -0.137. The Morgan fingerprint density at radius 2 is 1.72 bits per heavy atom. The van der Waals surface area contributed by atoms with Crippen molar-refractivity contribution in [3.63, 3.8) is 0 Å². The van der Waals surface area contributed by atoms with E-state index in [4.69, 9.17) is 10.5 Å². The first-order chi connectivity index (χ1) is 11.7. The maximum absolute atomic E-state index is 12.9. The van der Waals surface area contributed by atoms with Gasteiger partial charge in [-0.25, -0.2) is 4.98 Å². The zero-order chi connectivity index (χ0) is 18.2. The molecule has 0 fully saturated rings. The van der Waals surface area contributed by atoms with E-state index in [1.165, 1.54) is 6.07 Å². The van der Waals surface area contributed by atoms with Gasteiger partial charge in [0.05, 0.1) is 22.6 Å². The van der Waals surface area contributed by atoms with Crippen LogP contribution in [-0.2, 0) is 6.18 Å². The molecule has 2 N–H and O–H groups in total. The topological polar surface area (TPSA) is 61.0 Å². The molecular weight excluding hydrogens is 331 g/mol. The van der Waals surface area contributed by atoms with Crippen LogP contribution >= 0.6 is 0 Å². The Morgan fingerprint density at radius 3 is 2.40 bits per heavy atom. The van der Waals surface area contributed by atoms with Crippen LogP contribution in [0.15, 0.2) is 42.5 Å². The molecule has 0 spiro atoms. The Kier molecular flexibility index (Phi) is 4.24. The Hall–Kier alpha value is -2.83. The summed E-state index contributed by atoms with van der Waals surface area (Å²) in [5, 5.41) is 0.595. The van der Waals surface area contributed by atoms with Crippen molar-refractivity contribution in [1.82, 2.24) is 9.97 Å². The van der Waals surface area contributed by atoms with Crippen LogP contribution in [0.2, 0.25) is 0 Å². The number of rotatable bonds is 3. The van der Waals surface area contributed by atoms with E-state index < -0.39 is 11.7 Å². The van der Waals surface area contributed by atoms with Gasteiger partial charge in [-0.15, -0.1) is 0 Å². The molecule has 0 aliphatic rings. The minimum absolute atomic E-state index is 0.0787. The molecular formula is C18H16F3N3O. The summed E-state index contributed by atoms with van der Waals surface area (Å²) in [6.45, 7) is 3.70. The largest absolute Gasteiger partial charge is 0.474 e. The number of nitrogen functional groups attached to an aromatic ring is 1. The number of hydrogen-bond donors (Lipinski definition) is 1. The molecule has 2 aromatic carbocycles. The van der Waals surface area contributed by atoms with Gasteiger partial charge < -0.3 is 10.5 Å². The van der Waals surface area contributed by atoms with Crippen LogP contribution in [0.25, 0.3) is 22.0 Å². The Labute approximate surface area is 142 Å². The number of ether oxygens (including phenoxy) is 1. The first-order valence-electron chi connectivity index (χ1n) is 7.65. The highest BCUT2D eigenvalue weighted by Crippen LogP contribution is 2.34. The molecule has 0 aliphatic carbocycles. The van der Waals surface area contributed by atoms with Crippen molar-refractivity contribution in [3.8, 4) is 17.0 Å². The summed E-state index contributed by atoms with van der Waals surface area (Å²) in [7, 11) is 0. The van der Waals surface area contributed by atoms with Crippen LogP contribution in [-0.4, -0.2) is 16.1 Å². The molecule has 3 aromatic rings. The van der Waals surface area contributed by atoms with Gasteiger partial charge in [-0.3, -0.25) is 0 Å². The van der Waals surface area contributed by atoms with Gasteiger partial charge in [0.1, 0.15) is 0 Å². The smallest absolute Gasteiger partial charge is 0.416 e. The Morgan fingerprint density at radius 1 is 1.00 bits per heavy atom. The second-order valence-electron chi connectivity index (χ2n) is 5.86. The lowest BCUT2D eigenvalue weighted by Gasteiger charge is -2.13. The SMILES string of the molecule is CC(C)Oc1nc(N)nc2ccc(-c3cccc(C(F)(F)F)c3)cc12. The van der Waals surface area contributed by atoms with Gasteiger partial charge in [-0.05, 0) is 49.2 Å². The zero-order valence-corrected chi connectivity index (χ0v) is 13.6. The molecule has 3 rings (SSSR count).